The fraction of sp³-hybridized carbons (Fsp3) is 0.700. The number of benzene rings is 1. The summed E-state index contributed by atoms with van der Waals surface area (Å²) >= 11 is 0. The smallest absolute Gasteiger partial charge is 0.0356 e. The Bertz CT molecular complexity index is 461. The Morgan fingerprint density at radius 3 is 2.48 bits per heavy atom. The number of aryl methyl sites for hydroxylation is 2. The second-order valence-corrected chi connectivity index (χ2v) is 7.26. The van der Waals surface area contributed by atoms with Crippen molar-refractivity contribution in [2.45, 2.75) is 72.8 Å². The van der Waals surface area contributed by atoms with Crippen LogP contribution in [0, 0.1) is 11.3 Å². The van der Waals surface area contributed by atoms with Crippen molar-refractivity contribution in [3.8, 4) is 0 Å². The highest BCUT2D eigenvalue weighted by Gasteiger charge is 2.40. The highest BCUT2D eigenvalue weighted by atomic mass is 14.9. The summed E-state index contributed by atoms with van der Waals surface area (Å²) in [6.45, 7) is 12.8. The van der Waals surface area contributed by atoms with Crippen LogP contribution in [-0.2, 0) is 12.8 Å². The molecule has 0 heterocycles. The van der Waals surface area contributed by atoms with Crippen LogP contribution in [0.3, 0.4) is 0 Å². The molecule has 0 aromatic heterocycles. The summed E-state index contributed by atoms with van der Waals surface area (Å²) in [4.78, 5) is 0. The van der Waals surface area contributed by atoms with Gasteiger partial charge in [0.2, 0.25) is 0 Å². The van der Waals surface area contributed by atoms with Crippen LogP contribution in [0.4, 0.5) is 0 Å². The molecule has 21 heavy (non-hydrogen) atoms. The molecule has 0 bridgehead atoms. The molecule has 1 nitrogen and oxygen atoms in total. The lowest BCUT2D eigenvalue weighted by molar-refractivity contribution is 0.198. The summed E-state index contributed by atoms with van der Waals surface area (Å²) in [5.74, 6) is 0.759. The van der Waals surface area contributed by atoms with Crippen molar-refractivity contribution in [2.24, 2.45) is 11.3 Å². The van der Waals surface area contributed by atoms with E-state index in [4.69, 9.17) is 0 Å². The maximum atomic E-state index is 3.82. The van der Waals surface area contributed by atoms with Crippen molar-refractivity contribution in [1.29, 1.82) is 0 Å². The molecule has 118 valence electrons. The van der Waals surface area contributed by atoms with Gasteiger partial charge in [-0.2, -0.15) is 0 Å². The molecular weight excluding hydrogens is 254 g/mol. The molecule has 1 aliphatic carbocycles. The van der Waals surface area contributed by atoms with Gasteiger partial charge in [0.1, 0.15) is 0 Å². The molecule has 1 aromatic rings. The third-order valence-corrected chi connectivity index (χ3v) is 5.50. The van der Waals surface area contributed by atoms with Crippen molar-refractivity contribution in [3.05, 3.63) is 34.9 Å². The van der Waals surface area contributed by atoms with Crippen molar-refractivity contribution in [3.63, 3.8) is 0 Å². The van der Waals surface area contributed by atoms with Gasteiger partial charge in [0.15, 0.2) is 0 Å². The molecule has 2 rings (SSSR count). The Hall–Kier alpha value is -0.820. The molecule has 0 radical (unpaired) electrons. The molecule has 0 saturated heterocycles. The van der Waals surface area contributed by atoms with Gasteiger partial charge in [0, 0.05) is 6.04 Å². The second-order valence-electron chi connectivity index (χ2n) is 7.26. The van der Waals surface area contributed by atoms with E-state index in [0.29, 0.717) is 11.5 Å². The third kappa shape index (κ3) is 3.51. The summed E-state index contributed by atoms with van der Waals surface area (Å²) in [6, 6.07) is 7.67. The first-order chi connectivity index (χ1) is 10.0. The molecule has 1 heteroatoms. The van der Waals surface area contributed by atoms with E-state index in [2.05, 4.69) is 58.1 Å². The van der Waals surface area contributed by atoms with E-state index in [9.17, 15) is 0 Å². The normalized spacial score (nSPS) is 22.4. The Morgan fingerprint density at radius 1 is 1.19 bits per heavy atom. The van der Waals surface area contributed by atoms with Gasteiger partial charge in [-0.1, -0.05) is 59.2 Å². The van der Waals surface area contributed by atoms with Gasteiger partial charge in [-0.15, -0.1) is 0 Å². The minimum Gasteiger partial charge on any atom is -0.310 e. The van der Waals surface area contributed by atoms with Crippen molar-refractivity contribution in [1.82, 2.24) is 5.32 Å². The van der Waals surface area contributed by atoms with E-state index < -0.39 is 0 Å². The molecule has 0 aliphatic heterocycles. The molecule has 1 saturated carbocycles. The first-order valence-electron chi connectivity index (χ1n) is 8.88. The van der Waals surface area contributed by atoms with E-state index in [1.54, 1.807) is 5.56 Å². The Morgan fingerprint density at radius 2 is 1.95 bits per heavy atom. The van der Waals surface area contributed by atoms with E-state index in [1.807, 2.05) is 0 Å². The topological polar surface area (TPSA) is 12.0 Å². The quantitative estimate of drug-likeness (QED) is 0.749. The fourth-order valence-corrected chi connectivity index (χ4v) is 4.14. The van der Waals surface area contributed by atoms with Crippen molar-refractivity contribution < 1.29 is 0 Å². The molecule has 1 N–H and O–H groups in total. The first kappa shape index (κ1) is 16.5. The average Bonchev–Trinajstić information content (AvgIpc) is 2.83. The zero-order valence-electron chi connectivity index (χ0n) is 14.6. The van der Waals surface area contributed by atoms with Gasteiger partial charge in [-0.25, -0.2) is 0 Å². The van der Waals surface area contributed by atoms with E-state index >= 15 is 0 Å². The summed E-state index contributed by atoms with van der Waals surface area (Å²) in [5, 5.41) is 3.82. The summed E-state index contributed by atoms with van der Waals surface area (Å²) in [7, 11) is 0. The lowest BCUT2D eigenvalue weighted by atomic mass is 9.74. The predicted octanol–water partition coefficient (Wildman–Crippen LogP) is 5.29. The van der Waals surface area contributed by atoms with Crippen LogP contribution in [0.15, 0.2) is 18.2 Å². The maximum Gasteiger partial charge on any atom is 0.0356 e. The van der Waals surface area contributed by atoms with Gasteiger partial charge in [0.05, 0.1) is 0 Å². The number of nitrogens with one attached hydrogen (secondary N) is 1. The zero-order valence-corrected chi connectivity index (χ0v) is 14.6. The Balaban J connectivity index is 2.42. The van der Waals surface area contributed by atoms with Gasteiger partial charge in [-0.05, 0) is 60.3 Å². The maximum absolute atomic E-state index is 3.82. The highest BCUT2D eigenvalue weighted by Crippen LogP contribution is 2.49. The predicted molar refractivity (Wildman–Crippen MR) is 92.7 cm³/mol. The molecule has 0 spiro atoms. The summed E-state index contributed by atoms with van der Waals surface area (Å²) in [5.41, 5.74) is 5.03. The monoisotopic (exact) mass is 287 g/mol. The molecule has 1 fully saturated rings. The Kier molecular flexibility index (Phi) is 5.48. The molecule has 0 amide bonds. The largest absolute Gasteiger partial charge is 0.310 e. The second kappa shape index (κ2) is 6.96. The van der Waals surface area contributed by atoms with Crippen LogP contribution in [0.25, 0.3) is 0 Å². The fourth-order valence-electron chi connectivity index (χ4n) is 4.14. The van der Waals surface area contributed by atoms with Crippen LogP contribution in [-0.4, -0.2) is 6.54 Å². The number of hydrogen-bond acceptors (Lipinski definition) is 1. The van der Waals surface area contributed by atoms with Crippen LogP contribution >= 0.6 is 0 Å². The minimum absolute atomic E-state index is 0.458. The average molecular weight is 287 g/mol. The van der Waals surface area contributed by atoms with Gasteiger partial charge in [0.25, 0.3) is 0 Å². The molecular formula is C20H33N. The first-order valence-corrected chi connectivity index (χ1v) is 8.88. The van der Waals surface area contributed by atoms with Crippen molar-refractivity contribution >= 4 is 0 Å². The van der Waals surface area contributed by atoms with Gasteiger partial charge in [-0.3, -0.25) is 0 Å². The zero-order chi connectivity index (χ0) is 15.5. The van der Waals surface area contributed by atoms with E-state index in [-0.39, 0.29) is 0 Å². The number of hydrogen-bond donors (Lipinski definition) is 1. The van der Waals surface area contributed by atoms with Crippen LogP contribution < -0.4 is 5.32 Å². The molecule has 1 aromatic carbocycles. The summed E-state index contributed by atoms with van der Waals surface area (Å²) < 4.78 is 0. The standard InChI is InChI=1S/C20H33N/c1-6-15-11-12-16(7-2)17(14-15)19(21-8-3)18-10-9-13-20(18,4)5/h11-12,14,18-19,21H,6-10,13H2,1-5H3. The van der Waals surface area contributed by atoms with Gasteiger partial charge < -0.3 is 5.32 Å². The SMILES string of the molecule is CCNC(c1cc(CC)ccc1CC)C1CCCC1(C)C. The molecule has 2 unspecified atom stereocenters. The molecule has 2 atom stereocenters. The van der Waals surface area contributed by atoms with Crippen molar-refractivity contribution in [2.75, 3.05) is 6.54 Å². The molecule has 1 aliphatic rings. The van der Waals surface area contributed by atoms with Crippen LogP contribution in [0.1, 0.15) is 76.6 Å². The minimum atomic E-state index is 0.458. The summed E-state index contributed by atoms with van der Waals surface area (Å²) in [6.07, 6.45) is 6.38. The third-order valence-electron chi connectivity index (χ3n) is 5.50. The van der Waals surface area contributed by atoms with E-state index in [0.717, 1.165) is 25.3 Å². The number of rotatable bonds is 6. The lowest BCUT2D eigenvalue weighted by Gasteiger charge is -2.36. The van der Waals surface area contributed by atoms with Crippen LogP contribution in [0.5, 0.6) is 0 Å². The van der Waals surface area contributed by atoms with Gasteiger partial charge >= 0.3 is 0 Å². The Labute approximate surface area is 131 Å². The van der Waals surface area contributed by atoms with Crippen LogP contribution in [0.2, 0.25) is 0 Å². The highest BCUT2D eigenvalue weighted by molar-refractivity contribution is 5.35. The van der Waals surface area contributed by atoms with E-state index in [1.165, 1.54) is 30.4 Å². The lowest BCUT2D eigenvalue weighted by Crippen LogP contribution is -2.34.